The van der Waals surface area contributed by atoms with E-state index in [2.05, 4.69) is 0 Å². The Morgan fingerprint density at radius 1 is 1.62 bits per heavy atom. The molecule has 1 aliphatic rings. The molecular weight excluding hydrogens is 214 g/mol. The molecule has 0 bridgehead atoms. The highest BCUT2D eigenvalue weighted by Gasteiger charge is 2.43. The first-order valence-corrected chi connectivity index (χ1v) is 4.76. The van der Waals surface area contributed by atoms with Gasteiger partial charge in [-0.2, -0.15) is 0 Å². The SMILES string of the molecule is COc1ccc([C@@H]2O[C@H]2CO)c([N+](=O)[O-])c1. The smallest absolute Gasteiger partial charge is 0.279 e. The van der Waals surface area contributed by atoms with Gasteiger partial charge in [-0.1, -0.05) is 0 Å². The molecule has 1 aromatic rings. The molecule has 1 fully saturated rings. The molecule has 1 aliphatic heterocycles. The third-order valence-corrected chi connectivity index (χ3v) is 2.50. The minimum absolute atomic E-state index is 0.0414. The highest BCUT2D eigenvalue weighted by molar-refractivity contribution is 5.48. The molecule has 2 rings (SSSR count). The lowest BCUT2D eigenvalue weighted by molar-refractivity contribution is -0.385. The van der Waals surface area contributed by atoms with Crippen LogP contribution in [-0.4, -0.2) is 29.9 Å². The number of rotatable bonds is 4. The molecule has 1 heterocycles. The first-order chi connectivity index (χ1) is 7.67. The highest BCUT2D eigenvalue weighted by Crippen LogP contribution is 2.43. The fourth-order valence-electron chi connectivity index (χ4n) is 1.60. The maximum absolute atomic E-state index is 10.8. The number of methoxy groups -OCH3 is 1. The summed E-state index contributed by atoms with van der Waals surface area (Å²) in [4.78, 5) is 10.4. The van der Waals surface area contributed by atoms with Crippen LogP contribution in [0, 0.1) is 10.1 Å². The van der Waals surface area contributed by atoms with E-state index in [9.17, 15) is 10.1 Å². The number of nitro benzene ring substituents is 1. The summed E-state index contributed by atoms with van der Waals surface area (Å²) < 4.78 is 10.0. The van der Waals surface area contributed by atoms with Gasteiger partial charge in [-0.05, 0) is 12.1 Å². The Morgan fingerprint density at radius 3 is 2.88 bits per heavy atom. The Morgan fingerprint density at radius 2 is 2.38 bits per heavy atom. The van der Waals surface area contributed by atoms with Crippen LogP contribution in [0.5, 0.6) is 5.75 Å². The summed E-state index contributed by atoms with van der Waals surface area (Å²) in [6.07, 6.45) is -0.705. The second kappa shape index (κ2) is 4.07. The van der Waals surface area contributed by atoms with Crippen molar-refractivity contribution in [3.63, 3.8) is 0 Å². The topological polar surface area (TPSA) is 85.1 Å². The maximum atomic E-state index is 10.8. The van der Waals surface area contributed by atoms with Crippen molar-refractivity contribution in [3.05, 3.63) is 33.9 Å². The standard InChI is InChI=1S/C10H11NO5/c1-15-6-2-3-7(8(4-6)11(13)14)10-9(5-12)16-10/h2-4,9-10,12H,5H2,1H3/t9-,10-/m0/s1. The molecule has 6 heteroatoms. The zero-order valence-corrected chi connectivity index (χ0v) is 8.62. The first kappa shape index (κ1) is 10.8. The average Bonchev–Trinajstić information content (AvgIpc) is 3.07. The van der Waals surface area contributed by atoms with Crippen LogP contribution in [0.3, 0.4) is 0 Å². The molecule has 6 nitrogen and oxygen atoms in total. The molecule has 0 unspecified atom stereocenters. The summed E-state index contributed by atoms with van der Waals surface area (Å²) in [5, 5.41) is 19.7. The van der Waals surface area contributed by atoms with Crippen LogP contribution in [0.4, 0.5) is 5.69 Å². The molecule has 0 amide bonds. The second-order valence-electron chi connectivity index (χ2n) is 3.46. The number of hydrogen-bond acceptors (Lipinski definition) is 5. The van der Waals surface area contributed by atoms with Crippen LogP contribution >= 0.6 is 0 Å². The van der Waals surface area contributed by atoms with Gasteiger partial charge in [-0.15, -0.1) is 0 Å². The molecule has 0 radical (unpaired) electrons. The Labute approximate surface area is 91.6 Å². The number of aliphatic hydroxyl groups is 1. The van der Waals surface area contributed by atoms with Gasteiger partial charge in [0.2, 0.25) is 0 Å². The van der Waals surface area contributed by atoms with E-state index < -0.39 is 4.92 Å². The monoisotopic (exact) mass is 225 g/mol. The van der Waals surface area contributed by atoms with Crippen molar-refractivity contribution in [2.45, 2.75) is 12.2 Å². The largest absolute Gasteiger partial charge is 0.497 e. The van der Waals surface area contributed by atoms with Gasteiger partial charge < -0.3 is 14.6 Å². The number of hydrogen-bond donors (Lipinski definition) is 1. The van der Waals surface area contributed by atoms with Gasteiger partial charge in [-0.25, -0.2) is 0 Å². The van der Waals surface area contributed by atoms with E-state index in [0.717, 1.165) is 0 Å². The predicted molar refractivity (Wildman–Crippen MR) is 54.3 cm³/mol. The lowest BCUT2D eigenvalue weighted by Crippen LogP contribution is -1.99. The summed E-state index contributed by atoms with van der Waals surface area (Å²) in [5.74, 6) is 0.427. The van der Waals surface area contributed by atoms with Crippen LogP contribution < -0.4 is 4.74 Å². The van der Waals surface area contributed by atoms with Gasteiger partial charge in [0.05, 0.1) is 30.3 Å². The van der Waals surface area contributed by atoms with Crippen LogP contribution in [0.15, 0.2) is 18.2 Å². The third-order valence-electron chi connectivity index (χ3n) is 2.50. The fraction of sp³-hybridized carbons (Fsp3) is 0.400. The van der Waals surface area contributed by atoms with Crippen molar-refractivity contribution >= 4 is 5.69 Å². The molecule has 1 saturated heterocycles. The quantitative estimate of drug-likeness (QED) is 0.470. The molecule has 16 heavy (non-hydrogen) atoms. The van der Waals surface area contributed by atoms with Crippen LogP contribution in [0.1, 0.15) is 11.7 Å². The summed E-state index contributed by atoms with van der Waals surface area (Å²) >= 11 is 0. The molecule has 0 saturated carbocycles. The Kier molecular flexibility index (Phi) is 2.76. The zero-order valence-electron chi connectivity index (χ0n) is 8.62. The van der Waals surface area contributed by atoms with Crippen molar-refractivity contribution in [3.8, 4) is 5.75 Å². The van der Waals surface area contributed by atoms with E-state index >= 15 is 0 Å². The lowest BCUT2D eigenvalue weighted by atomic mass is 10.1. The first-order valence-electron chi connectivity index (χ1n) is 4.76. The van der Waals surface area contributed by atoms with Crippen LogP contribution in [0.25, 0.3) is 0 Å². The minimum atomic E-state index is -0.478. The Bertz CT molecular complexity index is 420. The lowest BCUT2D eigenvalue weighted by Gasteiger charge is -2.02. The van der Waals surface area contributed by atoms with Gasteiger partial charge in [-0.3, -0.25) is 10.1 Å². The van der Waals surface area contributed by atoms with Crippen LogP contribution in [0.2, 0.25) is 0 Å². The normalized spacial score (nSPS) is 22.9. The molecule has 1 N–H and O–H groups in total. The molecule has 2 atom stereocenters. The van der Waals surface area contributed by atoms with Crippen LogP contribution in [-0.2, 0) is 4.74 Å². The molecular formula is C10H11NO5. The van der Waals surface area contributed by atoms with E-state index in [4.69, 9.17) is 14.6 Å². The molecule has 0 aromatic heterocycles. The highest BCUT2D eigenvalue weighted by atomic mass is 16.6. The van der Waals surface area contributed by atoms with Crippen molar-refractivity contribution < 1.29 is 19.5 Å². The van der Waals surface area contributed by atoms with Gasteiger partial charge in [0.1, 0.15) is 18.0 Å². The van der Waals surface area contributed by atoms with E-state index in [0.29, 0.717) is 11.3 Å². The van der Waals surface area contributed by atoms with E-state index in [1.807, 2.05) is 0 Å². The Balaban J connectivity index is 2.34. The van der Waals surface area contributed by atoms with Crippen molar-refractivity contribution in [1.82, 2.24) is 0 Å². The summed E-state index contributed by atoms with van der Waals surface area (Å²) in [6, 6.07) is 4.58. The average molecular weight is 225 g/mol. The number of nitro groups is 1. The van der Waals surface area contributed by atoms with E-state index in [1.165, 1.54) is 13.2 Å². The van der Waals surface area contributed by atoms with Gasteiger partial charge >= 0.3 is 0 Å². The minimum Gasteiger partial charge on any atom is -0.497 e. The third kappa shape index (κ3) is 1.84. The van der Waals surface area contributed by atoms with Crippen molar-refractivity contribution in [2.24, 2.45) is 0 Å². The van der Waals surface area contributed by atoms with Gasteiger partial charge in [0.25, 0.3) is 5.69 Å². The van der Waals surface area contributed by atoms with E-state index in [-0.39, 0.29) is 24.5 Å². The summed E-state index contributed by atoms with van der Waals surface area (Å²) in [6.45, 7) is -0.131. The summed E-state index contributed by atoms with van der Waals surface area (Å²) in [5.41, 5.74) is 0.435. The molecule has 0 aliphatic carbocycles. The second-order valence-corrected chi connectivity index (χ2v) is 3.46. The Hall–Kier alpha value is -1.66. The number of nitrogens with zero attached hydrogens (tertiary/aromatic N) is 1. The zero-order chi connectivity index (χ0) is 11.7. The fourth-order valence-corrected chi connectivity index (χ4v) is 1.60. The van der Waals surface area contributed by atoms with Crippen molar-refractivity contribution in [2.75, 3.05) is 13.7 Å². The van der Waals surface area contributed by atoms with Gasteiger partial charge in [0, 0.05) is 0 Å². The van der Waals surface area contributed by atoms with Crippen molar-refractivity contribution in [1.29, 1.82) is 0 Å². The predicted octanol–water partition coefficient (Wildman–Crippen LogP) is 1.04. The van der Waals surface area contributed by atoms with E-state index in [1.54, 1.807) is 12.1 Å². The molecule has 1 aromatic carbocycles. The number of aliphatic hydroxyl groups excluding tert-OH is 1. The number of benzene rings is 1. The number of ether oxygens (including phenoxy) is 2. The number of epoxide rings is 1. The summed E-state index contributed by atoms with van der Waals surface area (Å²) in [7, 11) is 1.45. The maximum Gasteiger partial charge on any atom is 0.279 e. The molecule has 86 valence electrons. The van der Waals surface area contributed by atoms with Gasteiger partial charge in [0.15, 0.2) is 0 Å². The molecule has 0 spiro atoms.